The lowest BCUT2D eigenvalue weighted by atomic mass is 9.76. The van der Waals surface area contributed by atoms with Crippen molar-refractivity contribution in [1.82, 2.24) is 4.90 Å². The van der Waals surface area contributed by atoms with Crippen LogP contribution in [0.1, 0.15) is 24.8 Å². The van der Waals surface area contributed by atoms with Crippen molar-refractivity contribution in [1.29, 1.82) is 0 Å². The van der Waals surface area contributed by atoms with Gasteiger partial charge in [-0.05, 0) is 37.8 Å². The van der Waals surface area contributed by atoms with Gasteiger partial charge in [-0.15, -0.1) is 0 Å². The number of rotatable bonds is 2. The minimum Gasteiger partial charge on any atom is -0.368 e. The highest BCUT2D eigenvalue weighted by molar-refractivity contribution is 5.87. The lowest BCUT2D eigenvalue weighted by molar-refractivity contribution is -0.140. The number of nitrogens with zero attached hydrogens (tertiary/aromatic N) is 2. The van der Waals surface area contributed by atoms with E-state index >= 15 is 0 Å². The van der Waals surface area contributed by atoms with Crippen molar-refractivity contribution in [2.75, 3.05) is 31.1 Å². The summed E-state index contributed by atoms with van der Waals surface area (Å²) in [5.41, 5.74) is 8.17. The van der Waals surface area contributed by atoms with Crippen molar-refractivity contribution in [2.24, 2.45) is 5.73 Å². The van der Waals surface area contributed by atoms with Gasteiger partial charge in [-0.25, -0.2) is 0 Å². The number of para-hydroxylation sites is 1. The molecule has 0 atom stereocenters. The summed E-state index contributed by atoms with van der Waals surface area (Å²) in [4.78, 5) is 16.7. The van der Waals surface area contributed by atoms with Crippen LogP contribution in [-0.4, -0.2) is 42.5 Å². The van der Waals surface area contributed by atoms with Gasteiger partial charge in [0.15, 0.2) is 0 Å². The average Bonchev–Trinajstić information content (AvgIpc) is 2.45. The van der Waals surface area contributed by atoms with E-state index < -0.39 is 5.54 Å². The van der Waals surface area contributed by atoms with Crippen LogP contribution < -0.4 is 10.6 Å². The molecule has 20 heavy (non-hydrogen) atoms. The van der Waals surface area contributed by atoms with Gasteiger partial charge in [-0.2, -0.15) is 0 Å². The number of anilines is 1. The van der Waals surface area contributed by atoms with Gasteiger partial charge in [0.05, 0.1) is 5.54 Å². The summed E-state index contributed by atoms with van der Waals surface area (Å²) in [5.74, 6) is 0.160. The summed E-state index contributed by atoms with van der Waals surface area (Å²) in [6.07, 6.45) is 2.79. The Morgan fingerprint density at radius 1 is 1.15 bits per heavy atom. The van der Waals surface area contributed by atoms with Crippen molar-refractivity contribution in [3.63, 3.8) is 0 Å². The molecule has 1 amide bonds. The first-order chi connectivity index (χ1) is 9.60. The van der Waals surface area contributed by atoms with Gasteiger partial charge in [0.1, 0.15) is 0 Å². The summed E-state index contributed by atoms with van der Waals surface area (Å²) >= 11 is 0. The number of hydrogen-bond donors (Lipinski definition) is 1. The molecular formula is C16H23N3O. The third-order valence-corrected chi connectivity index (χ3v) is 4.69. The van der Waals surface area contributed by atoms with Crippen molar-refractivity contribution >= 4 is 11.6 Å². The quantitative estimate of drug-likeness (QED) is 0.889. The lowest BCUT2D eigenvalue weighted by Crippen LogP contribution is -2.62. The van der Waals surface area contributed by atoms with E-state index in [9.17, 15) is 4.79 Å². The van der Waals surface area contributed by atoms with Crippen LogP contribution in [0.15, 0.2) is 24.3 Å². The number of piperazine rings is 1. The van der Waals surface area contributed by atoms with Gasteiger partial charge >= 0.3 is 0 Å². The summed E-state index contributed by atoms with van der Waals surface area (Å²) in [6.45, 7) is 5.49. The van der Waals surface area contributed by atoms with E-state index in [1.807, 2.05) is 4.90 Å². The van der Waals surface area contributed by atoms with Crippen molar-refractivity contribution in [2.45, 2.75) is 31.7 Å². The molecule has 2 fully saturated rings. The number of benzene rings is 1. The highest BCUT2D eigenvalue weighted by Gasteiger charge is 2.43. The molecular weight excluding hydrogens is 250 g/mol. The Kier molecular flexibility index (Phi) is 3.42. The van der Waals surface area contributed by atoms with E-state index in [-0.39, 0.29) is 5.91 Å². The third-order valence-electron chi connectivity index (χ3n) is 4.69. The molecule has 0 bridgehead atoms. The number of nitrogens with two attached hydrogens (primary N) is 1. The van der Waals surface area contributed by atoms with Crippen molar-refractivity contribution < 1.29 is 4.79 Å². The molecule has 108 valence electrons. The Morgan fingerprint density at radius 3 is 2.35 bits per heavy atom. The van der Waals surface area contributed by atoms with E-state index in [2.05, 4.69) is 36.1 Å². The molecule has 1 aromatic rings. The Labute approximate surface area is 120 Å². The van der Waals surface area contributed by atoms with E-state index in [0.29, 0.717) is 0 Å². The molecule has 1 heterocycles. The molecule has 2 N–H and O–H groups in total. The number of amides is 1. The van der Waals surface area contributed by atoms with Crippen molar-refractivity contribution in [3.8, 4) is 0 Å². The maximum absolute atomic E-state index is 12.4. The van der Waals surface area contributed by atoms with Crippen molar-refractivity contribution in [3.05, 3.63) is 29.8 Å². The summed E-state index contributed by atoms with van der Waals surface area (Å²) < 4.78 is 0. The number of aryl methyl sites for hydroxylation is 1. The van der Waals surface area contributed by atoms with Gasteiger partial charge in [0.25, 0.3) is 0 Å². The summed E-state index contributed by atoms with van der Waals surface area (Å²) in [5, 5.41) is 0. The second-order valence-electron chi connectivity index (χ2n) is 6.08. The van der Waals surface area contributed by atoms with E-state index in [1.165, 1.54) is 11.3 Å². The molecule has 0 aromatic heterocycles. The largest absolute Gasteiger partial charge is 0.368 e. The van der Waals surface area contributed by atoms with E-state index in [4.69, 9.17) is 5.73 Å². The molecule has 2 aliphatic rings. The zero-order valence-corrected chi connectivity index (χ0v) is 12.1. The molecule has 1 saturated carbocycles. The number of carbonyl (C=O) groups excluding carboxylic acids is 1. The van der Waals surface area contributed by atoms with Gasteiger partial charge in [-0.1, -0.05) is 18.2 Å². The first-order valence-electron chi connectivity index (χ1n) is 7.49. The van der Waals surface area contributed by atoms with Crippen LogP contribution >= 0.6 is 0 Å². The van der Waals surface area contributed by atoms with E-state index in [1.54, 1.807) is 0 Å². The van der Waals surface area contributed by atoms with Crippen LogP contribution in [0.4, 0.5) is 5.69 Å². The van der Waals surface area contributed by atoms with Gasteiger partial charge in [0, 0.05) is 31.9 Å². The molecule has 1 aliphatic carbocycles. The van der Waals surface area contributed by atoms with Crippen LogP contribution in [0.3, 0.4) is 0 Å². The topological polar surface area (TPSA) is 49.6 Å². The zero-order chi connectivity index (χ0) is 14.2. The van der Waals surface area contributed by atoms with Gasteiger partial charge < -0.3 is 15.5 Å². The molecule has 3 rings (SSSR count). The summed E-state index contributed by atoms with van der Waals surface area (Å²) in [7, 11) is 0. The maximum atomic E-state index is 12.4. The minimum absolute atomic E-state index is 0.160. The van der Waals surface area contributed by atoms with Gasteiger partial charge in [-0.3, -0.25) is 4.79 Å². The molecule has 1 aliphatic heterocycles. The maximum Gasteiger partial charge on any atom is 0.242 e. The number of hydrogen-bond acceptors (Lipinski definition) is 3. The molecule has 1 saturated heterocycles. The zero-order valence-electron chi connectivity index (χ0n) is 12.1. The monoisotopic (exact) mass is 273 g/mol. The highest BCUT2D eigenvalue weighted by Crippen LogP contribution is 2.31. The summed E-state index contributed by atoms with van der Waals surface area (Å²) in [6, 6.07) is 8.43. The normalized spacial score (nSPS) is 21.5. The lowest BCUT2D eigenvalue weighted by Gasteiger charge is -2.44. The van der Waals surface area contributed by atoms with Crippen LogP contribution in [-0.2, 0) is 4.79 Å². The SMILES string of the molecule is Cc1ccccc1N1CCN(C(=O)C2(N)CCC2)CC1. The fourth-order valence-electron chi connectivity index (χ4n) is 3.16. The molecule has 4 heteroatoms. The Morgan fingerprint density at radius 2 is 1.80 bits per heavy atom. The van der Waals surface area contributed by atoms with Crippen LogP contribution in [0.25, 0.3) is 0 Å². The number of carbonyl (C=O) groups is 1. The third kappa shape index (κ3) is 2.29. The fourth-order valence-corrected chi connectivity index (χ4v) is 3.16. The molecule has 4 nitrogen and oxygen atoms in total. The van der Waals surface area contributed by atoms with Crippen LogP contribution in [0.5, 0.6) is 0 Å². The first kappa shape index (κ1) is 13.4. The van der Waals surface area contributed by atoms with E-state index in [0.717, 1.165) is 45.4 Å². The standard InChI is InChI=1S/C16H23N3O/c1-13-5-2-3-6-14(13)18-9-11-19(12-10-18)15(20)16(17)7-4-8-16/h2-3,5-6H,4,7-12,17H2,1H3. The Hall–Kier alpha value is -1.55. The second-order valence-corrected chi connectivity index (χ2v) is 6.08. The second kappa shape index (κ2) is 5.09. The Balaban J connectivity index is 1.62. The molecule has 1 aromatic carbocycles. The Bertz CT molecular complexity index is 502. The molecule has 0 unspecified atom stereocenters. The smallest absolute Gasteiger partial charge is 0.242 e. The minimum atomic E-state index is -0.551. The van der Waals surface area contributed by atoms with Gasteiger partial charge in [0.2, 0.25) is 5.91 Å². The van der Waals surface area contributed by atoms with Crippen LogP contribution in [0, 0.1) is 6.92 Å². The first-order valence-corrected chi connectivity index (χ1v) is 7.49. The average molecular weight is 273 g/mol. The van der Waals surface area contributed by atoms with Crippen LogP contribution in [0.2, 0.25) is 0 Å². The fraction of sp³-hybridized carbons (Fsp3) is 0.562. The molecule has 0 spiro atoms. The predicted molar refractivity (Wildman–Crippen MR) is 80.7 cm³/mol. The predicted octanol–water partition coefficient (Wildman–Crippen LogP) is 1.53. The highest BCUT2D eigenvalue weighted by atomic mass is 16.2. The molecule has 0 radical (unpaired) electrons.